The molecule has 0 aliphatic heterocycles. The van der Waals surface area contributed by atoms with E-state index in [1.807, 2.05) is 36.4 Å². The molecule has 8 nitrogen and oxygen atoms in total. The first kappa shape index (κ1) is 45.0. The molecule has 3 aromatic carbocycles. The fraction of sp³-hybridized carbons (Fsp3) is 0.450. The SMILES string of the molecule is CC(=O)[O-].CC(=O)[O-].CC(C)Cc1cc(C=Nc2ccccc2N=Cc2cc(CC(C)C)cc(C(C)(C)C)c2O)c(O)c(C(C)(C)C)c1.[Co+2]. The monoisotopic (exact) mass is 717 g/mol. The number of hydrogen-bond donors (Lipinski definition) is 2. The maximum absolute atomic E-state index is 11.1. The van der Waals surface area contributed by atoms with Crippen molar-refractivity contribution in [1.29, 1.82) is 0 Å². The number of carboxylic acids is 2. The first-order valence-electron chi connectivity index (χ1n) is 16.3. The second-order valence-corrected chi connectivity index (χ2v) is 14.8. The van der Waals surface area contributed by atoms with Crippen molar-refractivity contribution < 1.29 is 46.8 Å². The molecule has 0 heterocycles. The van der Waals surface area contributed by atoms with E-state index in [1.165, 1.54) is 11.1 Å². The molecular formula is C40H54CoN2O6. The van der Waals surface area contributed by atoms with E-state index < -0.39 is 11.9 Å². The molecule has 3 rings (SSSR count). The molecule has 0 aromatic heterocycles. The van der Waals surface area contributed by atoms with Crippen LogP contribution in [0.15, 0.2) is 58.5 Å². The summed E-state index contributed by atoms with van der Waals surface area (Å²) in [4.78, 5) is 27.3. The number of aliphatic carboxylic acids is 2. The second kappa shape index (κ2) is 19.9. The Morgan fingerprint density at radius 3 is 1.20 bits per heavy atom. The first-order chi connectivity index (χ1) is 22.0. The number of para-hydroxylation sites is 2. The number of carboxylic acid groups (broad SMARTS) is 2. The Hall–Kier alpha value is -3.95. The van der Waals surface area contributed by atoms with Gasteiger partial charge in [0.25, 0.3) is 0 Å². The number of benzene rings is 3. The summed E-state index contributed by atoms with van der Waals surface area (Å²) < 4.78 is 0. The van der Waals surface area contributed by atoms with Crippen LogP contribution in [0.2, 0.25) is 0 Å². The van der Waals surface area contributed by atoms with Gasteiger partial charge in [-0.25, -0.2) is 0 Å². The van der Waals surface area contributed by atoms with Gasteiger partial charge < -0.3 is 30.0 Å². The van der Waals surface area contributed by atoms with Crippen molar-refractivity contribution in [1.82, 2.24) is 0 Å². The summed E-state index contributed by atoms with van der Waals surface area (Å²) in [5.41, 5.74) is 6.63. The fourth-order valence-corrected chi connectivity index (χ4v) is 4.92. The van der Waals surface area contributed by atoms with Gasteiger partial charge in [0.05, 0.1) is 11.4 Å². The van der Waals surface area contributed by atoms with Crippen LogP contribution in [0.25, 0.3) is 0 Å². The van der Waals surface area contributed by atoms with Gasteiger partial charge >= 0.3 is 16.8 Å². The van der Waals surface area contributed by atoms with Gasteiger partial charge in [-0.1, -0.05) is 93.5 Å². The minimum absolute atomic E-state index is 0. The van der Waals surface area contributed by atoms with Gasteiger partial charge in [-0.2, -0.15) is 0 Å². The summed E-state index contributed by atoms with van der Waals surface area (Å²) in [6.07, 6.45) is 5.34. The molecule has 3 aromatic rings. The number of aromatic hydroxyl groups is 2. The molecule has 0 spiro atoms. The van der Waals surface area contributed by atoms with E-state index in [4.69, 9.17) is 29.8 Å². The van der Waals surface area contributed by atoms with Crippen LogP contribution in [0.4, 0.5) is 11.4 Å². The Morgan fingerprint density at radius 1 is 0.673 bits per heavy atom. The number of carbonyl (C=O) groups excluding carboxylic acids is 2. The zero-order valence-corrected chi connectivity index (χ0v) is 32.1. The van der Waals surface area contributed by atoms with E-state index in [9.17, 15) is 10.2 Å². The Balaban J connectivity index is 0.00000230. The zero-order valence-electron chi connectivity index (χ0n) is 31.1. The Morgan fingerprint density at radius 2 is 0.959 bits per heavy atom. The maximum atomic E-state index is 11.1. The molecule has 49 heavy (non-hydrogen) atoms. The minimum atomic E-state index is -1.08. The number of phenols is 2. The van der Waals surface area contributed by atoms with Crippen LogP contribution in [0.3, 0.4) is 0 Å². The molecule has 0 aliphatic rings. The van der Waals surface area contributed by atoms with Crippen LogP contribution in [0.1, 0.15) is 116 Å². The van der Waals surface area contributed by atoms with Crippen molar-refractivity contribution in [3.8, 4) is 11.5 Å². The van der Waals surface area contributed by atoms with Crippen LogP contribution in [-0.2, 0) is 50.0 Å². The molecule has 0 amide bonds. The molecule has 2 N–H and O–H groups in total. The molecule has 0 bridgehead atoms. The van der Waals surface area contributed by atoms with Gasteiger partial charge in [0.1, 0.15) is 11.5 Å². The van der Waals surface area contributed by atoms with Crippen LogP contribution in [0.5, 0.6) is 11.5 Å². The summed E-state index contributed by atoms with van der Waals surface area (Å²) in [5, 5.41) is 40.1. The van der Waals surface area contributed by atoms with Crippen molar-refractivity contribution >= 4 is 35.7 Å². The van der Waals surface area contributed by atoms with E-state index in [0.29, 0.717) is 34.3 Å². The number of hydrogen-bond acceptors (Lipinski definition) is 8. The predicted molar refractivity (Wildman–Crippen MR) is 193 cm³/mol. The molecule has 9 heteroatoms. The quantitative estimate of drug-likeness (QED) is 0.238. The average molecular weight is 718 g/mol. The average Bonchev–Trinajstić information content (AvgIpc) is 2.91. The van der Waals surface area contributed by atoms with Gasteiger partial charge in [0.15, 0.2) is 0 Å². The van der Waals surface area contributed by atoms with E-state index in [-0.39, 0.29) is 39.1 Å². The number of aliphatic imine (C=N–C) groups is 2. The summed E-state index contributed by atoms with van der Waals surface area (Å²) in [6, 6.07) is 16.0. The van der Waals surface area contributed by atoms with E-state index in [2.05, 4.69) is 81.4 Å². The Kier molecular flexibility index (Phi) is 18.3. The molecule has 1 radical (unpaired) electrons. The fourth-order valence-electron chi connectivity index (χ4n) is 4.92. The molecule has 0 fully saturated rings. The Bertz CT molecular complexity index is 1470. The summed E-state index contributed by atoms with van der Waals surface area (Å²) in [6.45, 7) is 23.4. The topological polar surface area (TPSA) is 145 Å². The van der Waals surface area contributed by atoms with Crippen molar-refractivity contribution in [3.63, 3.8) is 0 Å². The number of rotatable bonds is 8. The van der Waals surface area contributed by atoms with Crippen molar-refractivity contribution in [2.75, 3.05) is 0 Å². The van der Waals surface area contributed by atoms with Gasteiger partial charge in [0.2, 0.25) is 0 Å². The largest absolute Gasteiger partial charge is 2.00 e. The van der Waals surface area contributed by atoms with Crippen molar-refractivity contribution in [3.05, 3.63) is 81.9 Å². The standard InChI is InChI=1S/C36H48N2O2.2C2H4O2.Co/c1-23(2)15-25-17-27(33(39)29(19-25)35(5,6)7)21-37-31-13-11-12-14-32(31)38-22-28-18-26(16-24(3)4)20-30(34(28)40)36(8,9)10;2*1-2(3)4;/h11-14,17-24,39-40H,15-16H2,1-10H3;2*1H3,(H,3,4);/q;;;+2/p-2. The van der Waals surface area contributed by atoms with E-state index in [1.54, 1.807) is 12.4 Å². The number of phenolic OH excluding ortho intramolecular Hbond substituents is 2. The third-order valence-corrected chi connectivity index (χ3v) is 6.87. The maximum Gasteiger partial charge on any atom is 2.00 e. The number of nitrogens with zero attached hydrogens (tertiary/aromatic N) is 2. The van der Waals surface area contributed by atoms with E-state index >= 15 is 0 Å². The molecule has 0 unspecified atom stereocenters. The van der Waals surface area contributed by atoms with E-state index in [0.717, 1.165) is 37.8 Å². The first-order valence-corrected chi connectivity index (χ1v) is 16.3. The van der Waals surface area contributed by atoms with Gasteiger partial charge in [-0.15, -0.1) is 0 Å². The van der Waals surface area contributed by atoms with Crippen LogP contribution >= 0.6 is 0 Å². The molecule has 0 saturated heterocycles. The third-order valence-electron chi connectivity index (χ3n) is 6.87. The Labute approximate surface area is 303 Å². The van der Waals surface area contributed by atoms with Gasteiger partial charge in [-0.3, -0.25) is 9.98 Å². The molecule has 0 atom stereocenters. The zero-order chi connectivity index (χ0) is 37.0. The minimum Gasteiger partial charge on any atom is -0.550 e. The molecule has 0 saturated carbocycles. The van der Waals surface area contributed by atoms with Crippen LogP contribution in [0, 0.1) is 11.8 Å². The third kappa shape index (κ3) is 16.3. The van der Waals surface area contributed by atoms with Gasteiger partial charge in [-0.05, 0) is 84.7 Å². The summed E-state index contributed by atoms with van der Waals surface area (Å²) in [7, 11) is 0. The molecular weight excluding hydrogens is 663 g/mol. The molecule has 269 valence electrons. The normalized spacial score (nSPS) is 11.6. The van der Waals surface area contributed by atoms with Crippen LogP contribution in [-0.4, -0.2) is 34.6 Å². The second-order valence-electron chi connectivity index (χ2n) is 14.8. The molecule has 0 aliphatic carbocycles. The smallest absolute Gasteiger partial charge is 0.550 e. The summed E-state index contributed by atoms with van der Waals surface area (Å²) >= 11 is 0. The van der Waals surface area contributed by atoms with Gasteiger partial charge in [0, 0.05) is 46.6 Å². The van der Waals surface area contributed by atoms with Crippen LogP contribution < -0.4 is 10.2 Å². The van der Waals surface area contributed by atoms with Crippen molar-refractivity contribution in [2.45, 2.75) is 107 Å². The van der Waals surface area contributed by atoms with Crippen molar-refractivity contribution in [2.24, 2.45) is 21.8 Å². The summed E-state index contributed by atoms with van der Waals surface area (Å²) in [5.74, 6) is -0.615. The predicted octanol–water partition coefficient (Wildman–Crippen LogP) is 7.10. The number of carbonyl (C=O) groups is 2.